The zero-order chi connectivity index (χ0) is 12.7. The molecule has 0 saturated heterocycles. The molecule has 1 aromatic rings. The highest BCUT2D eigenvalue weighted by Crippen LogP contribution is 2.25. The monoisotopic (exact) mass is 239 g/mol. The molecular weight excluding hydrogens is 214 g/mol. The molecule has 1 rings (SSSR count). The summed E-state index contributed by atoms with van der Waals surface area (Å²) in [4.78, 5) is 4.40. The molecule has 1 aromatic heterocycles. The standard InChI is InChI=1S/C13H25N3O/c1-4-5-6-11-15-12(17-16-11)7-8-13(2,3)9-10-14/h4-10,14H2,1-3H3. The Labute approximate surface area is 104 Å². The van der Waals surface area contributed by atoms with E-state index < -0.39 is 0 Å². The average Bonchev–Trinajstić information content (AvgIpc) is 2.72. The van der Waals surface area contributed by atoms with Gasteiger partial charge in [0.2, 0.25) is 5.89 Å². The normalized spacial score (nSPS) is 12.0. The van der Waals surface area contributed by atoms with Gasteiger partial charge in [0.15, 0.2) is 5.82 Å². The van der Waals surface area contributed by atoms with Crippen LogP contribution in [0.3, 0.4) is 0 Å². The molecule has 0 fully saturated rings. The van der Waals surface area contributed by atoms with E-state index in [1.54, 1.807) is 0 Å². The molecule has 0 radical (unpaired) electrons. The van der Waals surface area contributed by atoms with E-state index in [2.05, 4.69) is 30.9 Å². The van der Waals surface area contributed by atoms with Gasteiger partial charge >= 0.3 is 0 Å². The van der Waals surface area contributed by atoms with Crippen LogP contribution >= 0.6 is 0 Å². The van der Waals surface area contributed by atoms with E-state index >= 15 is 0 Å². The molecule has 0 aromatic carbocycles. The van der Waals surface area contributed by atoms with Crippen molar-refractivity contribution in [1.29, 1.82) is 0 Å². The summed E-state index contributed by atoms with van der Waals surface area (Å²) < 4.78 is 5.24. The smallest absolute Gasteiger partial charge is 0.226 e. The van der Waals surface area contributed by atoms with Gasteiger partial charge in [0.1, 0.15) is 0 Å². The molecule has 4 heteroatoms. The highest BCUT2D eigenvalue weighted by Gasteiger charge is 2.18. The van der Waals surface area contributed by atoms with Gasteiger partial charge in [-0.2, -0.15) is 4.98 Å². The van der Waals surface area contributed by atoms with Crippen LogP contribution in [0.2, 0.25) is 0 Å². The molecule has 0 atom stereocenters. The maximum Gasteiger partial charge on any atom is 0.226 e. The lowest BCUT2D eigenvalue weighted by molar-refractivity contribution is 0.288. The molecule has 1 heterocycles. The van der Waals surface area contributed by atoms with Crippen LogP contribution in [0.1, 0.15) is 58.2 Å². The molecule has 0 amide bonds. The Morgan fingerprint density at radius 2 is 2.00 bits per heavy atom. The quantitative estimate of drug-likeness (QED) is 0.757. The fourth-order valence-corrected chi connectivity index (χ4v) is 1.79. The van der Waals surface area contributed by atoms with Crippen LogP contribution in [0.5, 0.6) is 0 Å². The van der Waals surface area contributed by atoms with Gasteiger partial charge in [0.25, 0.3) is 0 Å². The summed E-state index contributed by atoms with van der Waals surface area (Å²) in [7, 11) is 0. The van der Waals surface area contributed by atoms with Crippen LogP contribution in [0, 0.1) is 5.41 Å². The van der Waals surface area contributed by atoms with E-state index in [4.69, 9.17) is 10.3 Å². The van der Waals surface area contributed by atoms with Crippen LogP contribution in [-0.4, -0.2) is 16.7 Å². The molecule has 0 aliphatic carbocycles. The minimum absolute atomic E-state index is 0.257. The largest absolute Gasteiger partial charge is 0.339 e. The predicted octanol–water partition coefficient (Wildman–Crippen LogP) is 2.72. The predicted molar refractivity (Wildman–Crippen MR) is 68.7 cm³/mol. The minimum atomic E-state index is 0.257. The second kappa shape index (κ2) is 6.74. The fraction of sp³-hybridized carbons (Fsp3) is 0.846. The molecule has 2 N–H and O–H groups in total. The summed E-state index contributed by atoms with van der Waals surface area (Å²) >= 11 is 0. The van der Waals surface area contributed by atoms with Gasteiger partial charge < -0.3 is 10.3 Å². The Bertz CT molecular complexity index is 320. The van der Waals surface area contributed by atoms with E-state index in [1.807, 2.05) is 0 Å². The Morgan fingerprint density at radius 1 is 1.24 bits per heavy atom. The number of unbranched alkanes of at least 4 members (excludes halogenated alkanes) is 1. The van der Waals surface area contributed by atoms with Gasteiger partial charge in [0.05, 0.1) is 0 Å². The van der Waals surface area contributed by atoms with Gasteiger partial charge in [-0.05, 0) is 31.2 Å². The van der Waals surface area contributed by atoms with E-state index in [1.165, 1.54) is 0 Å². The van der Waals surface area contributed by atoms with E-state index in [0.717, 1.165) is 56.8 Å². The Hall–Kier alpha value is -0.900. The van der Waals surface area contributed by atoms with Crippen molar-refractivity contribution in [2.24, 2.45) is 11.1 Å². The molecule has 0 aliphatic rings. The molecule has 0 unspecified atom stereocenters. The minimum Gasteiger partial charge on any atom is -0.339 e. The Morgan fingerprint density at radius 3 is 2.65 bits per heavy atom. The molecular formula is C13H25N3O. The summed E-state index contributed by atoms with van der Waals surface area (Å²) in [5.74, 6) is 1.61. The van der Waals surface area contributed by atoms with Crippen molar-refractivity contribution in [2.45, 2.75) is 59.3 Å². The van der Waals surface area contributed by atoms with Crippen molar-refractivity contribution in [3.05, 3.63) is 11.7 Å². The molecule has 17 heavy (non-hydrogen) atoms. The first-order valence-electron chi connectivity index (χ1n) is 6.59. The maximum atomic E-state index is 5.59. The SMILES string of the molecule is CCCCc1noc(CCC(C)(C)CCN)n1. The van der Waals surface area contributed by atoms with Crippen LogP contribution in [0.25, 0.3) is 0 Å². The zero-order valence-corrected chi connectivity index (χ0v) is 11.3. The third-order valence-electron chi connectivity index (χ3n) is 3.10. The van der Waals surface area contributed by atoms with E-state index in [0.29, 0.717) is 0 Å². The van der Waals surface area contributed by atoms with Crippen molar-refractivity contribution in [3.8, 4) is 0 Å². The zero-order valence-electron chi connectivity index (χ0n) is 11.3. The summed E-state index contributed by atoms with van der Waals surface area (Å²) in [5.41, 5.74) is 5.85. The first-order valence-corrected chi connectivity index (χ1v) is 6.59. The third-order valence-corrected chi connectivity index (χ3v) is 3.10. The summed E-state index contributed by atoms with van der Waals surface area (Å²) in [6.07, 6.45) is 6.13. The third kappa shape index (κ3) is 5.31. The average molecular weight is 239 g/mol. The Kier molecular flexibility index (Phi) is 5.62. The van der Waals surface area contributed by atoms with Gasteiger partial charge in [-0.25, -0.2) is 0 Å². The summed E-state index contributed by atoms with van der Waals surface area (Å²) in [5, 5.41) is 3.99. The fourth-order valence-electron chi connectivity index (χ4n) is 1.79. The van der Waals surface area contributed by atoms with Gasteiger partial charge in [-0.15, -0.1) is 0 Å². The lowest BCUT2D eigenvalue weighted by Crippen LogP contribution is -2.17. The molecule has 0 bridgehead atoms. The number of nitrogens with two attached hydrogens (primary N) is 1. The van der Waals surface area contributed by atoms with Gasteiger partial charge in [-0.1, -0.05) is 32.3 Å². The van der Waals surface area contributed by atoms with Crippen LogP contribution in [0.15, 0.2) is 4.52 Å². The highest BCUT2D eigenvalue weighted by atomic mass is 16.5. The number of hydrogen-bond donors (Lipinski definition) is 1. The van der Waals surface area contributed by atoms with Crippen molar-refractivity contribution in [2.75, 3.05) is 6.54 Å². The van der Waals surface area contributed by atoms with Crippen LogP contribution in [-0.2, 0) is 12.8 Å². The van der Waals surface area contributed by atoms with Crippen molar-refractivity contribution in [1.82, 2.24) is 10.1 Å². The lowest BCUT2D eigenvalue weighted by Gasteiger charge is -2.22. The molecule has 0 spiro atoms. The lowest BCUT2D eigenvalue weighted by atomic mass is 9.84. The summed E-state index contributed by atoms with van der Waals surface area (Å²) in [6, 6.07) is 0. The number of aromatic nitrogens is 2. The number of hydrogen-bond acceptors (Lipinski definition) is 4. The van der Waals surface area contributed by atoms with E-state index in [-0.39, 0.29) is 5.41 Å². The van der Waals surface area contributed by atoms with Gasteiger partial charge in [-0.3, -0.25) is 0 Å². The molecule has 98 valence electrons. The second-order valence-corrected chi connectivity index (χ2v) is 5.41. The van der Waals surface area contributed by atoms with Crippen molar-refractivity contribution >= 4 is 0 Å². The first kappa shape index (κ1) is 14.2. The number of nitrogens with zero attached hydrogens (tertiary/aromatic N) is 2. The van der Waals surface area contributed by atoms with Crippen molar-refractivity contribution < 1.29 is 4.52 Å². The highest BCUT2D eigenvalue weighted by molar-refractivity contribution is 4.88. The first-order chi connectivity index (χ1) is 8.07. The molecule has 0 saturated carbocycles. The van der Waals surface area contributed by atoms with Crippen molar-refractivity contribution in [3.63, 3.8) is 0 Å². The van der Waals surface area contributed by atoms with Crippen LogP contribution in [0.4, 0.5) is 0 Å². The Balaban J connectivity index is 2.38. The van der Waals surface area contributed by atoms with Crippen LogP contribution < -0.4 is 5.73 Å². The second-order valence-electron chi connectivity index (χ2n) is 5.41. The molecule has 0 aliphatic heterocycles. The maximum absolute atomic E-state index is 5.59. The summed E-state index contributed by atoms with van der Waals surface area (Å²) in [6.45, 7) is 7.36. The topological polar surface area (TPSA) is 64.9 Å². The number of aryl methyl sites for hydroxylation is 2. The molecule has 4 nitrogen and oxygen atoms in total. The van der Waals surface area contributed by atoms with E-state index in [9.17, 15) is 0 Å². The number of rotatable bonds is 8. The van der Waals surface area contributed by atoms with Gasteiger partial charge in [0, 0.05) is 12.8 Å².